The highest BCUT2D eigenvalue weighted by molar-refractivity contribution is 8.19. The van der Waals surface area contributed by atoms with E-state index in [-0.39, 0.29) is 18.7 Å². The van der Waals surface area contributed by atoms with Crippen molar-refractivity contribution in [2.24, 2.45) is 0 Å². The molecule has 1 heterocycles. The molecule has 0 saturated carbocycles. The molecule has 0 bridgehead atoms. The summed E-state index contributed by atoms with van der Waals surface area (Å²) in [6.45, 7) is 3.75. The van der Waals surface area contributed by atoms with Crippen LogP contribution in [0.1, 0.15) is 34.4 Å². The summed E-state index contributed by atoms with van der Waals surface area (Å²) in [6, 6.07) is 10.5. The molecule has 1 aliphatic rings. The summed E-state index contributed by atoms with van der Waals surface area (Å²) >= 11 is 3.76. The van der Waals surface area contributed by atoms with Gasteiger partial charge >= 0.3 is 5.97 Å². The largest absolute Gasteiger partial charge is 0.423 e. The van der Waals surface area contributed by atoms with Crippen molar-refractivity contribution in [1.82, 2.24) is 4.31 Å². The molecule has 3 rings (SSSR count). The molecule has 5 nitrogen and oxygen atoms in total. The number of rotatable bonds is 7. The van der Waals surface area contributed by atoms with E-state index in [2.05, 4.69) is 0 Å². The molecule has 2 aromatic rings. The van der Waals surface area contributed by atoms with E-state index in [0.29, 0.717) is 10.3 Å². The van der Waals surface area contributed by atoms with Gasteiger partial charge in [0.25, 0.3) is 0 Å². The van der Waals surface area contributed by atoms with Gasteiger partial charge in [0.2, 0.25) is 10.0 Å². The van der Waals surface area contributed by atoms with Gasteiger partial charge in [-0.3, -0.25) is 0 Å². The number of ether oxygens (including phenoxy) is 1. The van der Waals surface area contributed by atoms with Gasteiger partial charge in [-0.15, -0.1) is 23.5 Å². The van der Waals surface area contributed by atoms with Crippen LogP contribution in [0.25, 0.3) is 0 Å². The van der Waals surface area contributed by atoms with Gasteiger partial charge in [0.1, 0.15) is 16.5 Å². The second-order valence-electron chi connectivity index (χ2n) is 6.27. The SMILES string of the molecule is CCN(CC)S(=O)(=O)c1cc(C(=O)Oc2ccc(C3SCCS3)cc2)ccc1F. The molecule has 0 aliphatic carbocycles. The molecule has 156 valence electrons. The molecular weight excluding hydrogens is 433 g/mol. The zero-order valence-electron chi connectivity index (χ0n) is 16.1. The minimum Gasteiger partial charge on any atom is -0.423 e. The molecule has 1 saturated heterocycles. The number of hydrogen-bond acceptors (Lipinski definition) is 6. The average Bonchev–Trinajstić information content (AvgIpc) is 3.24. The van der Waals surface area contributed by atoms with Gasteiger partial charge in [-0.1, -0.05) is 26.0 Å². The fraction of sp³-hybridized carbons (Fsp3) is 0.350. The molecule has 1 aliphatic heterocycles. The third kappa shape index (κ3) is 4.96. The van der Waals surface area contributed by atoms with Gasteiger partial charge in [-0.25, -0.2) is 17.6 Å². The number of hydrogen-bond donors (Lipinski definition) is 0. The number of sulfonamides is 1. The van der Waals surface area contributed by atoms with E-state index in [4.69, 9.17) is 4.74 Å². The smallest absolute Gasteiger partial charge is 0.343 e. The highest BCUT2D eigenvalue weighted by atomic mass is 32.2. The Hall–Kier alpha value is -1.55. The average molecular weight is 456 g/mol. The lowest BCUT2D eigenvalue weighted by atomic mass is 10.2. The van der Waals surface area contributed by atoms with Crippen LogP contribution in [0.15, 0.2) is 47.4 Å². The maximum atomic E-state index is 14.2. The van der Waals surface area contributed by atoms with Crippen LogP contribution >= 0.6 is 23.5 Å². The lowest BCUT2D eigenvalue weighted by Crippen LogP contribution is -2.31. The van der Waals surface area contributed by atoms with E-state index >= 15 is 0 Å². The van der Waals surface area contributed by atoms with Crippen LogP contribution in [0, 0.1) is 5.82 Å². The van der Waals surface area contributed by atoms with Crippen LogP contribution in [0.2, 0.25) is 0 Å². The third-order valence-corrected chi connectivity index (χ3v) is 9.64. The van der Waals surface area contributed by atoms with Crippen LogP contribution < -0.4 is 4.74 Å². The van der Waals surface area contributed by atoms with Crippen molar-refractivity contribution in [3.63, 3.8) is 0 Å². The van der Waals surface area contributed by atoms with Crippen LogP contribution in [0.5, 0.6) is 5.75 Å². The Morgan fingerprint density at radius 1 is 1.10 bits per heavy atom. The Balaban J connectivity index is 1.79. The third-order valence-electron chi connectivity index (χ3n) is 4.47. The van der Waals surface area contributed by atoms with Crippen LogP contribution in [0.3, 0.4) is 0 Å². The Morgan fingerprint density at radius 2 is 1.72 bits per heavy atom. The maximum absolute atomic E-state index is 14.2. The second kappa shape index (κ2) is 9.51. The predicted molar refractivity (Wildman–Crippen MR) is 116 cm³/mol. The molecule has 0 amide bonds. The summed E-state index contributed by atoms with van der Waals surface area (Å²) in [5.74, 6) is 0.956. The Labute approximate surface area is 179 Å². The zero-order valence-corrected chi connectivity index (χ0v) is 18.6. The van der Waals surface area contributed by atoms with Crippen molar-refractivity contribution in [2.75, 3.05) is 24.6 Å². The molecule has 0 unspecified atom stereocenters. The Bertz CT molecular complexity index is 970. The number of carbonyl (C=O) groups excluding carboxylic acids is 1. The van der Waals surface area contributed by atoms with E-state index < -0.39 is 26.7 Å². The fourth-order valence-electron chi connectivity index (χ4n) is 2.94. The van der Waals surface area contributed by atoms with Crippen molar-refractivity contribution >= 4 is 39.5 Å². The fourth-order valence-corrected chi connectivity index (χ4v) is 7.35. The maximum Gasteiger partial charge on any atom is 0.343 e. The number of esters is 1. The minimum atomic E-state index is -4.03. The predicted octanol–water partition coefficient (Wildman–Crippen LogP) is 4.55. The van der Waals surface area contributed by atoms with Crippen LogP contribution in [0.4, 0.5) is 4.39 Å². The molecule has 29 heavy (non-hydrogen) atoms. The highest BCUT2D eigenvalue weighted by Crippen LogP contribution is 2.45. The van der Waals surface area contributed by atoms with E-state index in [0.717, 1.165) is 33.5 Å². The molecule has 0 atom stereocenters. The van der Waals surface area contributed by atoms with E-state index in [1.807, 2.05) is 35.7 Å². The van der Waals surface area contributed by atoms with Crippen molar-refractivity contribution in [3.8, 4) is 5.75 Å². The number of nitrogens with zero attached hydrogens (tertiary/aromatic N) is 1. The quantitative estimate of drug-likeness (QED) is 0.451. The molecule has 9 heteroatoms. The van der Waals surface area contributed by atoms with Gasteiger partial charge < -0.3 is 4.74 Å². The van der Waals surface area contributed by atoms with Crippen molar-refractivity contribution in [1.29, 1.82) is 0 Å². The van der Waals surface area contributed by atoms with Crippen molar-refractivity contribution in [3.05, 3.63) is 59.4 Å². The van der Waals surface area contributed by atoms with Crippen molar-refractivity contribution < 1.29 is 22.3 Å². The number of halogens is 1. The van der Waals surface area contributed by atoms with Gasteiger partial charge in [0, 0.05) is 24.6 Å². The minimum absolute atomic E-state index is 0.0249. The summed E-state index contributed by atoms with van der Waals surface area (Å²) in [7, 11) is -4.03. The Kier molecular flexibility index (Phi) is 7.26. The lowest BCUT2D eigenvalue weighted by molar-refractivity contribution is 0.0734. The van der Waals surface area contributed by atoms with E-state index in [1.54, 1.807) is 26.0 Å². The van der Waals surface area contributed by atoms with Gasteiger partial charge in [-0.05, 0) is 35.9 Å². The molecule has 0 radical (unpaired) electrons. The molecule has 2 aromatic carbocycles. The van der Waals surface area contributed by atoms with Crippen LogP contribution in [-0.4, -0.2) is 43.3 Å². The first-order valence-electron chi connectivity index (χ1n) is 9.21. The summed E-state index contributed by atoms with van der Waals surface area (Å²) < 4.78 is 46.4. The van der Waals surface area contributed by atoms with E-state index in [9.17, 15) is 17.6 Å². The first-order valence-corrected chi connectivity index (χ1v) is 12.8. The number of thioether (sulfide) groups is 2. The van der Waals surface area contributed by atoms with Gasteiger partial charge in [0.05, 0.1) is 10.1 Å². The monoisotopic (exact) mass is 455 g/mol. The standard InChI is InChI=1S/C20H22FNO4S3/c1-3-22(4-2)29(24,25)18-13-15(7-10-17(18)21)19(23)26-16-8-5-14(6-9-16)20-27-11-12-28-20/h5-10,13,20H,3-4,11-12H2,1-2H3. The van der Waals surface area contributed by atoms with Gasteiger partial charge in [0.15, 0.2) is 0 Å². The number of benzene rings is 2. The van der Waals surface area contributed by atoms with Crippen molar-refractivity contribution in [2.45, 2.75) is 23.3 Å². The first-order chi connectivity index (χ1) is 13.9. The molecule has 1 fully saturated rings. The lowest BCUT2D eigenvalue weighted by Gasteiger charge is -2.19. The van der Waals surface area contributed by atoms with E-state index in [1.165, 1.54) is 6.07 Å². The first kappa shape index (κ1) is 22.1. The summed E-state index contributed by atoms with van der Waals surface area (Å²) in [4.78, 5) is 12.0. The summed E-state index contributed by atoms with van der Waals surface area (Å²) in [6.07, 6.45) is 0. The summed E-state index contributed by atoms with van der Waals surface area (Å²) in [5, 5.41) is 0. The number of carbonyl (C=O) groups is 1. The second-order valence-corrected chi connectivity index (χ2v) is 10.9. The highest BCUT2D eigenvalue weighted by Gasteiger charge is 2.27. The normalized spacial score (nSPS) is 15.0. The van der Waals surface area contributed by atoms with Crippen LogP contribution in [-0.2, 0) is 10.0 Å². The molecular formula is C20H22FNO4S3. The summed E-state index contributed by atoms with van der Waals surface area (Å²) in [5.41, 5.74) is 1.13. The zero-order chi connectivity index (χ0) is 21.0. The topological polar surface area (TPSA) is 63.7 Å². The molecule has 0 spiro atoms. The molecule has 0 aromatic heterocycles. The Morgan fingerprint density at radius 3 is 2.31 bits per heavy atom. The molecule has 0 N–H and O–H groups in total. The van der Waals surface area contributed by atoms with Gasteiger partial charge in [-0.2, -0.15) is 4.31 Å².